The fraction of sp³-hybridized carbons (Fsp3) is 0.562. The van der Waals surface area contributed by atoms with E-state index in [-0.39, 0.29) is 5.91 Å². The molecule has 3 nitrogen and oxygen atoms in total. The highest BCUT2D eigenvalue weighted by Crippen LogP contribution is 2.26. The van der Waals surface area contributed by atoms with Crippen LogP contribution in [0.1, 0.15) is 41.3 Å². The number of hydrogen-bond donors (Lipinski definition) is 0. The van der Waals surface area contributed by atoms with Gasteiger partial charge in [-0.05, 0) is 55.9 Å². The number of carbonyl (C=O) groups is 1. The lowest BCUT2D eigenvalue weighted by atomic mass is 9.98. The molecule has 1 aromatic rings. The van der Waals surface area contributed by atoms with Crippen LogP contribution < -0.4 is 4.74 Å². The van der Waals surface area contributed by atoms with E-state index >= 15 is 0 Å². The van der Waals surface area contributed by atoms with Crippen LogP contribution in [0.25, 0.3) is 0 Å². The topological polar surface area (TPSA) is 29.5 Å². The average molecular weight is 261 g/mol. The molecule has 1 atom stereocenters. The first-order valence-electron chi connectivity index (χ1n) is 6.97. The molecular weight excluding hydrogens is 238 g/mol. The van der Waals surface area contributed by atoms with E-state index < -0.39 is 0 Å². The van der Waals surface area contributed by atoms with Crippen molar-refractivity contribution in [1.29, 1.82) is 0 Å². The number of hydrogen-bond acceptors (Lipinski definition) is 2. The van der Waals surface area contributed by atoms with Crippen molar-refractivity contribution < 1.29 is 9.53 Å². The number of aryl methyl sites for hydroxylation is 2. The normalized spacial score (nSPS) is 19.4. The Balaban J connectivity index is 2.30. The molecule has 0 saturated carbocycles. The molecule has 1 aliphatic rings. The summed E-state index contributed by atoms with van der Waals surface area (Å²) >= 11 is 0. The van der Waals surface area contributed by atoms with E-state index in [9.17, 15) is 4.79 Å². The minimum Gasteiger partial charge on any atom is -0.496 e. The molecule has 1 fully saturated rings. The highest BCUT2D eigenvalue weighted by Gasteiger charge is 2.24. The summed E-state index contributed by atoms with van der Waals surface area (Å²) in [6.07, 6.45) is 2.31. The average Bonchev–Trinajstić information content (AvgIpc) is 2.40. The summed E-state index contributed by atoms with van der Waals surface area (Å²) in [5.74, 6) is 1.38. The zero-order valence-corrected chi connectivity index (χ0v) is 12.3. The van der Waals surface area contributed by atoms with Gasteiger partial charge >= 0.3 is 0 Å². The molecule has 1 aliphatic heterocycles. The summed E-state index contributed by atoms with van der Waals surface area (Å²) in [5, 5.41) is 0. The molecule has 0 bridgehead atoms. The van der Waals surface area contributed by atoms with Crippen molar-refractivity contribution in [2.24, 2.45) is 5.92 Å². The molecule has 1 unspecified atom stereocenters. The number of benzene rings is 1. The maximum atomic E-state index is 12.6. The molecular formula is C16H23NO2. The van der Waals surface area contributed by atoms with Gasteiger partial charge in [-0.25, -0.2) is 0 Å². The van der Waals surface area contributed by atoms with Crippen LogP contribution in [0.5, 0.6) is 5.75 Å². The van der Waals surface area contributed by atoms with Gasteiger partial charge in [0.1, 0.15) is 5.75 Å². The van der Waals surface area contributed by atoms with Gasteiger partial charge in [-0.2, -0.15) is 0 Å². The molecule has 1 saturated heterocycles. The lowest BCUT2D eigenvalue weighted by molar-refractivity contribution is 0.0679. The monoisotopic (exact) mass is 261 g/mol. The number of piperidine rings is 1. The van der Waals surface area contributed by atoms with Crippen molar-refractivity contribution >= 4 is 5.91 Å². The molecule has 1 aromatic carbocycles. The minimum atomic E-state index is 0.103. The number of rotatable bonds is 2. The molecule has 1 heterocycles. The lowest BCUT2D eigenvalue weighted by Crippen LogP contribution is -2.39. The van der Waals surface area contributed by atoms with Crippen LogP contribution in [0.4, 0.5) is 0 Å². The van der Waals surface area contributed by atoms with E-state index in [2.05, 4.69) is 6.92 Å². The van der Waals surface area contributed by atoms with E-state index in [1.165, 1.54) is 6.42 Å². The van der Waals surface area contributed by atoms with Gasteiger partial charge in [0.25, 0.3) is 5.91 Å². The maximum Gasteiger partial charge on any atom is 0.257 e. The van der Waals surface area contributed by atoms with Crippen LogP contribution in [0.2, 0.25) is 0 Å². The Kier molecular flexibility index (Phi) is 4.13. The summed E-state index contributed by atoms with van der Waals surface area (Å²) in [4.78, 5) is 14.6. The van der Waals surface area contributed by atoms with Gasteiger partial charge < -0.3 is 9.64 Å². The summed E-state index contributed by atoms with van der Waals surface area (Å²) in [6, 6.07) is 3.91. The second-order valence-corrected chi connectivity index (χ2v) is 5.64. The predicted molar refractivity (Wildman–Crippen MR) is 76.8 cm³/mol. The molecule has 3 heteroatoms. The van der Waals surface area contributed by atoms with Gasteiger partial charge in [0, 0.05) is 13.1 Å². The van der Waals surface area contributed by atoms with E-state index in [4.69, 9.17) is 4.74 Å². The van der Waals surface area contributed by atoms with Crippen molar-refractivity contribution in [3.8, 4) is 5.75 Å². The Hall–Kier alpha value is -1.51. The Morgan fingerprint density at radius 1 is 1.32 bits per heavy atom. The third kappa shape index (κ3) is 2.91. The van der Waals surface area contributed by atoms with Gasteiger partial charge in [-0.15, -0.1) is 0 Å². The van der Waals surface area contributed by atoms with Gasteiger partial charge in [-0.3, -0.25) is 4.79 Å². The Morgan fingerprint density at radius 3 is 2.63 bits per heavy atom. The van der Waals surface area contributed by atoms with Crippen molar-refractivity contribution in [1.82, 2.24) is 4.90 Å². The van der Waals surface area contributed by atoms with Crippen LogP contribution >= 0.6 is 0 Å². The van der Waals surface area contributed by atoms with Crippen LogP contribution in [0.3, 0.4) is 0 Å². The summed E-state index contributed by atoms with van der Waals surface area (Å²) in [7, 11) is 1.62. The predicted octanol–water partition coefficient (Wildman–Crippen LogP) is 3.18. The fourth-order valence-corrected chi connectivity index (χ4v) is 2.67. The maximum absolute atomic E-state index is 12.6. The molecule has 0 aliphatic carbocycles. The first-order chi connectivity index (χ1) is 9.02. The number of ether oxygens (including phenoxy) is 1. The van der Waals surface area contributed by atoms with Crippen LogP contribution in [0.15, 0.2) is 12.1 Å². The van der Waals surface area contributed by atoms with Crippen LogP contribution in [-0.4, -0.2) is 31.0 Å². The highest BCUT2D eigenvalue weighted by molar-refractivity contribution is 5.97. The van der Waals surface area contributed by atoms with E-state index in [1.807, 2.05) is 30.9 Å². The van der Waals surface area contributed by atoms with Gasteiger partial charge in [0.2, 0.25) is 0 Å². The van der Waals surface area contributed by atoms with Gasteiger partial charge in [0.05, 0.1) is 12.7 Å². The van der Waals surface area contributed by atoms with E-state index in [1.54, 1.807) is 7.11 Å². The first-order valence-corrected chi connectivity index (χ1v) is 6.97. The van der Waals surface area contributed by atoms with Crippen molar-refractivity contribution in [3.63, 3.8) is 0 Å². The smallest absolute Gasteiger partial charge is 0.257 e. The van der Waals surface area contributed by atoms with E-state index in [0.29, 0.717) is 17.2 Å². The largest absolute Gasteiger partial charge is 0.496 e. The Morgan fingerprint density at radius 2 is 2.00 bits per heavy atom. The summed E-state index contributed by atoms with van der Waals surface area (Å²) in [5.41, 5.74) is 2.98. The zero-order chi connectivity index (χ0) is 14.0. The van der Waals surface area contributed by atoms with Crippen molar-refractivity contribution in [2.75, 3.05) is 20.2 Å². The molecule has 19 heavy (non-hydrogen) atoms. The van der Waals surface area contributed by atoms with Crippen molar-refractivity contribution in [2.45, 2.75) is 33.6 Å². The number of nitrogens with zero attached hydrogens (tertiary/aromatic N) is 1. The van der Waals surface area contributed by atoms with Gasteiger partial charge in [0.15, 0.2) is 0 Å². The van der Waals surface area contributed by atoms with Crippen molar-refractivity contribution in [3.05, 3.63) is 28.8 Å². The Bertz CT molecular complexity index is 482. The summed E-state index contributed by atoms with van der Waals surface area (Å²) < 4.78 is 5.37. The summed E-state index contributed by atoms with van der Waals surface area (Å²) in [6.45, 7) is 7.99. The number of methoxy groups -OCH3 is 1. The van der Waals surface area contributed by atoms with Gasteiger partial charge in [-0.1, -0.05) is 6.92 Å². The number of likely N-dealkylation sites (tertiary alicyclic amines) is 1. The third-order valence-electron chi connectivity index (χ3n) is 3.99. The van der Waals surface area contributed by atoms with Crippen LogP contribution in [-0.2, 0) is 0 Å². The molecule has 0 spiro atoms. The highest BCUT2D eigenvalue weighted by atomic mass is 16.5. The molecule has 1 amide bonds. The molecule has 0 radical (unpaired) electrons. The Labute approximate surface area is 115 Å². The lowest BCUT2D eigenvalue weighted by Gasteiger charge is -2.31. The third-order valence-corrected chi connectivity index (χ3v) is 3.99. The quantitative estimate of drug-likeness (QED) is 0.818. The minimum absolute atomic E-state index is 0.103. The fourth-order valence-electron chi connectivity index (χ4n) is 2.67. The standard InChI is InChI=1S/C16H23NO2/c1-11-6-5-7-17(10-11)16(18)14-8-12(2)13(3)9-15(14)19-4/h8-9,11H,5-7,10H2,1-4H3. The molecule has 0 N–H and O–H groups in total. The van der Waals surface area contributed by atoms with E-state index in [0.717, 1.165) is 30.6 Å². The second-order valence-electron chi connectivity index (χ2n) is 5.64. The SMILES string of the molecule is COc1cc(C)c(C)cc1C(=O)N1CCCC(C)C1. The molecule has 0 aromatic heterocycles. The first kappa shape index (κ1) is 13.9. The molecule has 104 valence electrons. The number of carbonyl (C=O) groups excluding carboxylic acids is 1. The van der Waals surface area contributed by atoms with Crippen LogP contribution in [0, 0.1) is 19.8 Å². The zero-order valence-electron chi connectivity index (χ0n) is 12.3. The second kappa shape index (κ2) is 5.64. The molecule has 2 rings (SSSR count). The number of amides is 1.